The molecule has 0 bridgehead atoms. The van der Waals surface area contributed by atoms with E-state index in [1.165, 1.54) is 0 Å². The van der Waals surface area contributed by atoms with Crippen molar-refractivity contribution in [1.82, 2.24) is 0 Å². The zero-order valence-corrected chi connectivity index (χ0v) is 7.46. The van der Waals surface area contributed by atoms with Crippen molar-refractivity contribution < 1.29 is 74.8 Å². The van der Waals surface area contributed by atoms with Gasteiger partial charge in [0.15, 0.2) is 0 Å². The van der Waals surface area contributed by atoms with E-state index in [1.54, 1.807) is 0 Å². The summed E-state index contributed by atoms with van der Waals surface area (Å²) in [6, 6.07) is 0. The fourth-order valence-corrected chi connectivity index (χ4v) is 0. The molecule has 0 saturated carbocycles. The molecule has 17 valence electrons. The van der Waals surface area contributed by atoms with Crippen LogP contribution in [0.25, 0.3) is 0 Å². The Bertz CT molecular complexity index is 8.00. The molecule has 4 heteroatoms. The first kappa shape index (κ1) is 15.7. The Morgan fingerprint density at radius 3 is 1.25 bits per heavy atom. The van der Waals surface area contributed by atoms with Gasteiger partial charge in [-0.15, -0.1) is 0 Å². The second-order valence-electron chi connectivity index (χ2n) is 0. The van der Waals surface area contributed by atoms with Crippen LogP contribution < -0.4 is 0 Å². The quantitative estimate of drug-likeness (QED) is 0.488. The zero-order valence-electron chi connectivity index (χ0n) is 1.49. The second-order valence-corrected chi connectivity index (χ2v) is 0. The van der Waals surface area contributed by atoms with E-state index in [4.69, 9.17) is 2.04 Å². The van der Waals surface area contributed by atoms with E-state index in [2.05, 4.69) is 0 Å². The predicted molar refractivity (Wildman–Crippen MR) is 9.23 cm³/mol. The summed E-state index contributed by atoms with van der Waals surface area (Å²) in [7, 11) is 0. The van der Waals surface area contributed by atoms with Crippen LogP contribution in [0, 0.1) is 41.7 Å². The molecule has 0 atom stereocenters. The Morgan fingerprint density at radius 2 is 1.25 bits per heavy atom. The Kier molecular flexibility index (Phi) is 61.9. The Morgan fingerprint density at radius 1 is 1.25 bits per heavy atom. The van der Waals surface area contributed by atoms with E-state index in [9.17, 15) is 0 Å². The van der Waals surface area contributed by atoms with Crippen molar-refractivity contribution in [1.29, 1.82) is 0 Å². The molecule has 0 aliphatic heterocycles. The Labute approximate surface area is 120 Å². The average Bonchev–Trinajstić information content (AvgIpc) is 1.00. The van der Waals surface area contributed by atoms with Gasteiger partial charge in [0.05, 0.1) is 0 Å². The monoisotopic (exact) mass is 385 g/mol. The van der Waals surface area contributed by atoms with Gasteiger partial charge in [0.1, 0.15) is 0 Å². The molecule has 0 saturated heterocycles. The third-order valence-corrected chi connectivity index (χ3v) is 0. The fourth-order valence-electron chi connectivity index (χ4n) is 0. The van der Waals surface area contributed by atoms with Gasteiger partial charge < -0.3 is 0 Å². The maximum absolute atomic E-state index is 8.38. The molecule has 1 nitrogen and oxygen atoms in total. The molecule has 0 aliphatic carbocycles. The molecule has 0 amide bonds. The van der Waals surface area contributed by atoms with Crippen LogP contribution in [0.3, 0.4) is 0 Å². The third kappa shape index (κ3) is 9.28. The summed E-state index contributed by atoms with van der Waals surface area (Å²) in [5, 5.41) is 0. The first-order valence-corrected chi connectivity index (χ1v) is 1.39. The maximum atomic E-state index is 8.38. The number of hydrogen-bond acceptors (Lipinski definition) is 1. The van der Waals surface area contributed by atoms with Gasteiger partial charge in [-0.1, -0.05) is 0 Å². The number of hydrogen-bond donors (Lipinski definition) is 0. The van der Waals surface area contributed by atoms with E-state index >= 15 is 0 Å². The molecule has 0 N–H and O–H groups in total. The molecule has 0 unspecified atom stereocenters. The molecule has 0 aromatic carbocycles. The minimum absolute atomic E-state index is 0. The van der Waals surface area contributed by atoms with Crippen molar-refractivity contribution in [3.8, 4) is 0 Å². The summed E-state index contributed by atoms with van der Waals surface area (Å²) < 4.78 is 8.38. The summed E-state index contributed by atoms with van der Waals surface area (Å²) in [6.45, 7) is 0. The zero-order chi connectivity index (χ0) is 2.00. The van der Waals surface area contributed by atoms with Gasteiger partial charge in [-0.2, -0.15) is 0 Å². The average molecular weight is 384 g/mol. The van der Waals surface area contributed by atoms with Crippen molar-refractivity contribution >= 4 is 48.9 Å². The van der Waals surface area contributed by atoms with Crippen LogP contribution in [0.1, 0.15) is 0 Å². The van der Waals surface area contributed by atoms with Gasteiger partial charge in [-0.3, -0.25) is 0 Å². The van der Waals surface area contributed by atoms with Crippen LogP contribution in [-0.2, 0) is 33.1 Å². The van der Waals surface area contributed by atoms with Gasteiger partial charge in [0.2, 0.25) is 0 Å². The normalized spacial score (nSPS) is 1.50. The van der Waals surface area contributed by atoms with Crippen LogP contribution in [0.5, 0.6) is 0 Å². The van der Waals surface area contributed by atoms with Crippen LogP contribution in [0.2, 0.25) is 0 Å². The summed E-state index contributed by atoms with van der Waals surface area (Å²) in [5.74, 6) is 0. The molecule has 0 heterocycles. The van der Waals surface area contributed by atoms with Crippen molar-refractivity contribution in [3.63, 3.8) is 0 Å². The fraction of sp³-hybridized carbons (Fsp3) is 0. The summed E-state index contributed by atoms with van der Waals surface area (Å²) >= 11 is 0.100. The summed E-state index contributed by atoms with van der Waals surface area (Å²) in [6.07, 6.45) is 0. The Balaban J connectivity index is -0.00000000500. The predicted octanol–water partition coefficient (Wildman–Crippen LogP) is -1.04. The van der Waals surface area contributed by atoms with Gasteiger partial charge >= 0.3 is 81.9 Å². The molecule has 0 radical (unpaired) electrons. The third-order valence-electron chi connectivity index (χ3n) is 0. The molecule has 0 aliphatic rings. The SMILES string of the molecule is [BaH2].[Ce].[O]=[Y]. The van der Waals surface area contributed by atoms with Crippen LogP contribution in [0.15, 0.2) is 0 Å². The van der Waals surface area contributed by atoms with Crippen molar-refractivity contribution in [2.45, 2.75) is 0 Å². The van der Waals surface area contributed by atoms with E-state index in [0.717, 1.165) is 0 Å². The summed E-state index contributed by atoms with van der Waals surface area (Å²) in [4.78, 5) is 0. The molecule has 0 aromatic rings. The van der Waals surface area contributed by atoms with Crippen LogP contribution in [-0.4, -0.2) is 48.9 Å². The van der Waals surface area contributed by atoms with E-state index in [-0.39, 0.29) is 122 Å². The molecular formula is H2BaCeOY. The first-order chi connectivity index (χ1) is 1.00. The minimum atomic E-state index is 0. The van der Waals surface area contributed by atoms with Gasteiger partial charge in [-0.25, -0.2) is 0 Å². The van der Waals surface area contributed by atoms with E-state index in [0.29, 0.717) is 0 Å². The van der Waals surface area contributed by atoms with Crippen LogP contribution in [0.4, 0.5) is 0 Å². The standard InChI is InChI=1S/Ba.Ce.O.Y.2H. The Hall–Kier alpha value is 3.85. The van der Waals surface area contributed by atoms with E-state index in [1.807, 2.05) is 0 Å². The molecule has 0 fully saturated rings. The van der Waals surface area contributed by atoms with Gasteiger partial charge in [-0.05, 0) is 0 Å². The van der Waals surface area contributed by atoms with Gasteiger partial charge in [0, 0.05) is 41.7 Å². The molecular weight excluding hydrogens is 382 g/mol. The van der Waals surface area contributed by atoms with Crippen molar-refractivity contribution in [3.05, 3.63) is 0 Å². The van der Waals surface area contributed by atoms with Crippen LogP contribution >= 0.6 is 0 Å². The topological polar surface area (TPSA) is 17.1 Å². The van der Waals surface area contributed by atoms with Crippen molar-refractivity contribution in [2.24, 2.45) is 0 Å². The summed E-state index contributed by atoms with van der Waals surface area (Å²) in [5.41, 5.74) is 0. The first-order valence-electron chi connectivity index (χ1n) is 0.236. The molecule has 0 aromatic heterocycles. The van der Waals surface area contributed by atoms with Gasteiger partial charge in [0.25, 0.3) is 0 Å². The molecule has 4 heavy (non-hydrogen) atoms. The van der Waals surface area contributed by atoms with Crippen molar-refractivity contribution in [2.75, 3.05) is 0 Å². The molecule has 0 spiro atoms. The molecule has 0 rings (SSSR count). The second kappa shape index (κ2) is 15.8. The number of rotatable bonds is 0. The van der Waals surface area contributed by atoms with E-state index < -0.39 is 0 Å².